The summed E-state index contributed by atoms with van der Waals surface area (Å²) in [5.74, 6) is 0.723. The van der Waals surface area contributed by atoms with Crippen molar-refractivity contribution in [2.75, 3.05) is 10.6 Å². The van der Waals surface area contributed by atoms with Crippen LogP contribution >= 0.6 is 15.9 Å². The average molecular weight is 623 g/mol. The number of benzene rings is 3. The number of anilines is 2. The third kappa shape index (κ3) is 6.61. The van der Waals surface area contributed by atoms with Crippen LogP contribution in [0.15, 0.2) is 113 Å². The van der Waals surface area contributed by atoms with Crippen LogP contribution in [-0.2, 0) is 13.0 Å². The first-order valence-corrected chi connectivity index (χ1v) is 14.6. The van der Waals surface area contributed by atoms with Gasteiger partial charge in [-0.15, -0.1) is 0 Å². The molecule has 0 fully saturated rings. The van der Waals surface area contributed by atoms with E-state index in [1.54, 1.807) is 22.8 Å². The molecule has 0 aliphatic heterocycles. The number of aromatic nitrogens is 3. The molecular formula is C34H32BrN5O2. The first-order chi connectivity index (χ1) is 20.5. The molecule has 5 aromatic rings. The topological polar surface area (TPSA) is 91.5 Å². The molecule has 0 bridgehead atoms. The molecule has 1 amide bonds. The molecule has 5 rings (SSSR count). The predicted octanol–water partition coefficient (Wildman–Crippen LogP) is 8.18. The molecule has 3 N–H and O–H groups in total. The molecule has 0 aliphatic rings. The Balaban J connectivity index is 1.35. The highest BCUT2D eigenvalue weighted by Crippen LogP contribution is 2.31. The van der Waals surface area contributed by atoms with E-state index < -0.39 is 0 Å². The smallest absolute Gasteiger partial charge is 0.255 e. The minimum Gasteiger partial charge on any atom is -0.507 e. The highest BCUT2D eigenvalue weighted by atomic mass is 79.9. The van der Waals surface area contributed by atoms with Crippen molar-refractivity contribution >= 4 is 39.0 Å². The summed E-state index contributed by atoms with van der Waals surface area (Å²) in [4.78, 5) is 18.1. The molecule has 0 aliphatic carbocycles. The van der Waals surface area contributed by atoms with Gasteiger partial charge in [0.05, 0.1) is 16.4 Å². The summed E-state index contributed by atoms with van der Waals surface area (Å²) in [6.45, 7) is 4.59. The first-order valence-electron chi connectivity index (χ1n) is 13.8. The number of halogens is 1. The third-order valence-electron chi connectivity index (χ3n) is 6.77. The van der Waals surface area contributed by atoms with Crippen molar-refractivity contribution in [2.24, 2.45) is 0 Å². The van der Waals surface area contributed by atoms with Crippen LogP contribution in [0.3, 0.4) is 0 Å². The van der Waals surface area contributed by atoms with E-state index in [-0.39, 0.29) is 11.7 Å². The monoisotopic (exact) mass is 621 g/mol. The number of nitrogens with one attached hydrogen (secondary N) is 2. The lowest BCUT2D eigenvalue weighted by Crippen LogP contribution is -2.15. The second kappa shape index (κ2) is 13.3. The Hall–Kier alpha value is -4.69. The second-order valence-electron chi connectivity index (χ2n) is 9.80. The van der Waals surface area contributed by atoms with Gasteiger partial charge in [0.25, 0.3) is 5.91 Å². The minimum atomic E-state index is -0.142. The maximum Gasteiger partial charge on any atom is 0.255 e. The summed E-state index contributed by atoms with van der Waals surface area (Å²) in [5.41, 5.74) is 6.40. The Labute approximate surface area is 253 Å². The number of aromatic hydroxyl groups is 1. The summed E-state index contributed by atoms with van der Waals surface area (Å²) >= 11 is 3.52. The zero-order valence-corrected chi connectivity index (χ0v) is 25.1. The van der Waals surface area contributed by atoms with Gasteiger partial charge < -0.3 is 15.7 Å². The normalized spacial score (nSPS) is 11.7. The summed E-state index contributed by atoms with van der Waals surface area (Å²) in [7, 11) is 0. The molecule has 0 saturated heterocycles. The molecule has 3 aromatic carbocycles. The molecule has 0 saturated carbocycles. The molecule has 0 unspecified atom stereocenters. The summed E-state index contributed by atoms with van der Waals surface area (Å²) in [5, 5.41) is 21.4. The maximum atomic E-state index is 13.4. The molecule has 212 valence electrons. The van der Waals surface area contributed by atoms with Gasteiger partial charge in [0, 0.05) is 29.4 Å². The molecule has 0 atom stereocenters. The molecule has 0 spiro atoms. The summed E-state index contributed by atoms with van der Waals surface area (Å²) in [6, 6.07) is 24.5. The van der Waals surface area contributed by atoms with Crippen LogP contribution < -0.4 is 10.6 Å². The number of carbonyl (C=O) groups excluding carboxylic acids is 1. The van der Waals surface area contributed by atoms with Gasteiger partial charge in [-0.1, -0.05) is 67.6 Å². The Bertz CT molecular complexity index is 1790. The van der Waals surface area contributed by atoms with Crippen LogP contribution in [-0.4, -0.2) is 25.6 Å². The van der Waals surface area contributed by atoms with Gasteiger partial charge in [-0.2, -0.15) is 9.61 Å². The minimum absolute atomic E-state index is 0.142. The van der Waals surface area contributed by atoms with E-state index >= 15 is 0 Å². The van der Waals surface area contributed by atoms with Crippen LogP contribution in [0.1, 0.15) is 41.8 Å². The zero-order chi connectivity index (χ0) is 29.5. The van der Waals surface area contributed by atoms with Crippen molar-refractivity contribution in [3.8, 4) is 17.0 Å². The zero-order valence-electron chi connectivity index (χ0n) is 23.5. The predicted molar refractivity (Wildman–Crippen MR) is 173 cm³/mol. The van der Waals surface area contributed by atoms with Gasteiger partial charge >= 0.3 is 0 Å². The van der Waals surface area contributed by atoms with Gasteiger partial charge in [0.15, 0.2) is 5.65 Å². The highest BCUT2D eigenvalue weighted by Gasteiger charge is 2.15. The van der Waals surface area contributed by atoms with Crippen molar-refractivity contribution in [1.29, 1.82) is 0 Å². The number of hydrogen-bond acceptors (Lipinski definition) is 5. The Morgan fingerprint density at radius 2 is 1.86 bits per heavy atom. The number of amides is 1. The lowest BCUT2D eigenvalue weighted by atomic mass is 9.98. The number of fused-ring (bicyclic) bond motifs is 1. The average Bonchev–Trinajstić information content (AvgIpc) is 3.37. The number of carbonyl (C=O) groups is 1. The number of para-hydroxylation sites is 1. The van der Waals surface area contributed by atoms with E-state index in [1.807, 2.05) is 79.7 Å². The standard InChI is InChI=1S/C34H32BrN5O2/c1-3-10-23(11-4-2)18-25-13-5-6-15-27(25)34(42)38-26-14-9-12-24(19-26)21-36-32-20-30(28-16-7-8-17-31(28)41)39-33-29(35)22-37-40(32)33/h3,5-17,19-20,22,36,41H,4,18,21H2,1-2H3,(H,38,42)/b10-3-,23-11+. The quantitative estimate of drug-likeness (QED) is 0.137. The van der Waals surface area contributed by atoms with E-state index in [0.29, 0.717) is 46.9 Å². The molecule has 8 heteroatoms. The molecule has 7 nitrogen and oxygen atoms in total. The van der Waals surface area contributed by atoms with Crippen molar-refractivity contribution in [3.05, 3.63) is 130 Å². The number of rotatable bonds is 10. The Kier molecular flexibility index (Phi) is 9.14. The lowest BCUT2D eigenvalue weighted by Gasteiger charge is -2.13. The number of hydrogen-bond donors (Lipinski definition) is 3. The molecule has 0 radical (unpaired) electrons. The van der Waals surface area contributed by atoms with Crippen molar-refractivity contribution in [3.63, 3.8) is 0 Å². The number of allylic oxidation sites excluding steroid dienone is 4. The van der Waals surface area contributed by atoms with Crippen LogP contribution in [0.5, 0.6) is 5.75 Å². The van der Waals surface area contributed by atoms with Crippen molar-refractivity contribution in [1.82, 2.24) is 14.6 Å². The third-order valence-corrected chi connectivity index (χ3v) is 7.33. The summed E-state index contributed by atoms with van der Waals surface area (Å²) < 4.78 is 2.46. The van der Waals surface area contributed by atoms with E-state index in [1.165, 1.54) is 5.57 Å². The molecular weight excluding hydrogens is 590 g/mol. The lowest BCUT2D eigenvalue weighted by molar-refractivity contribution is 0.102. The Morgan fingerprint density at radius 3 is 2.67 bits per heavy atom. The number of phenols is 1. The van der Waals surface area contributed by atoms with E-state index in [0.717, 1.165) is 22.0 Å². The first kappa shape index (κ1) is 28.8. The molecule has 2 aromatic heterocycles. The fraction of sp³-hybridized carbons (Fsp3) is 0.147. The fourth-order valence-electron chi connectivity index (χ4n) is 4.83. The number of phenolic OH excluding ortho intramolecular Hbond substituents is 1. The van der Waals surface area contributed by atoms with E-state index in [2.05, 4.69) is 50.7 Å². The largest absolute Gasteiger partial charge is 0.507 e. The van der Waals surface area contributed by atoms with Gasteiger partial charge in [0.1, 0.15) is 11.6 Å². The summed E-state index contributed by atoms with van der Waals surface area (Å²) in [6.07, 6.45) is 9.63. The van der Waals surface area contributed by atoms with Gasteiger partial charge in [-0.05, 0) is 82.7 Å². The second-order valence-corrected chi connectivity index (χ2v) is 10.7. The van der Waals surface area contributed by atoms with Crippen LogP contribution in [0.2, 0.25) is 0 Å². The SMILES string of the molecule is C/C=C\C(=C/CC)Cc1ccccc1C(=O)Nc1cccc(CNc2cc(-c3ccccc3O)nc3c(Br)cnn23)c1. The van der Waals surface area contributed by atoms with Crippen LogP contribution in [0, 0.1) is 0 Å². The van der Waals surface area contributed by atoms with E-state index in [4.69, 9.17) is 4.98 Å². The molecule has 42 heavy (non-hydrogen) atoms. The van der Waals surface area contributed by atoms with Crippen LogP contribution in [0.25, 0.3) is 16.9 Å². The Morgan fingerprint density at radius 1 is 1.05 bits per heavy atom. The molecule has 2 heterocycles. The van der Waals surface area contributed by atoms with E-state index in [9.17, 15) is 9.90 Å². The van der Waals surface area contributed by atoms with Gasteiger partial charge in [0.2, 0.25) is 0 Å². The number of nitrogens with zero attached hydrogens (tertiary/aromatic N) is 3. The van der Waals surface area contributed by atoms with Crippen molar-refractivity contribution in [2.45, 2.75) is 33.2 Å². The van der Waals surface area contributed by atoms with Gasteiger partial charge in [-0.3, -0.25) is 4.79 Å². The van der Waals surface area contributed by atoms with Gasteiger partial charge in [-0.25, -0.2) is 4.98 Å². The van der Waals surface area contributed by atoms with Crippen LogP contribution in [0.4, 0.5) is 11.5 Å². The highest BCUT2D eigenvalue weighted by molar-refractivity contribution is 9.10. The fourth-order valence-corrected chi connectivity index (χ4v) is 5.18. The van der Waals surface area contributed by atoms with Crippen molar-refractivity contribution < 1.29 is 9.90 Å². The maximum absolute atomic E-state index is 13.4.